The number of carbonyl (C=O) groups is 3. The molecule has 3 aromatic rings. The first kappa shape index (κ1) is 23.2. The molecule has 0 radical (unpaired) electrons. The van der Waals surface area contributed by atoms with Crippen molar-refractivity contribution in [1.29, 1.82) is 0 Å². The number of nitrogens with zero attached hydrogens (tertiary/aromatic N) is 4. The van der Waals surface area contributed by atoms with Crippen LogP contribution in [-0.2, 0) is 9.59 Å². The fourth-order valence-electron chi connectivity index (χ4n) is 4.54. The van der Waals surface area contributed by atoms with Crippen LogP contribution in [0.4, 0.5) is 25.0 Å². The molecule has 9 heteroatoms. The third-order valence-corrected chi connectivity index (χ3v) is 6.36. The maximum Gasteiger partial charge on any atom is 0.332 e. The van der Waals surface area contributed by atoms with Crippen molar-refractivity contribution in [3.8, 4) is 11.8 Å². The van der Waals surface area contributed by atoms with Gasteiger partial charge in [-0.2, -0.15) is 0 Å². The van der Waals surface area contributed by atoms with Gasteiger partial charge in [0.15, 0.2) is 11.6 Å². The van der Waals surface area contributed by atoms with Crippen LogP contribution >= 0.6 is 0 Å². The minimum Gasteiger partial charge on any atom is -0.308 e. The highest BCUT2D eigenvalue weighted by molar-refractivity contribution is 6.20. The van der Waals surface area contributed by atoms with Crippen LogP contribution in [0.5, 0.6) is 0 Å². The summed E-state index contributed by atoms with van der Waals surface area (Å²) >= 11 is 0. The predicted octanol–water partition coefficient (Wildman–Crippen LogP) is 3.72. The van der Waals surface area contributed by atoms with Crippen LogP contribution < -0.4 is 9.80 Å². The molecule has 2 aliphatic heterocycles. The van der Waals surface area contributed by atoms with Crippen LogP contribution in [0.3, 0.4) is 0 Å². The van der Waals surface area contributed by atoms with Gasteiger partial charge in [-0.05, 0) is 43.3 Å². The first-order chi connectivity index (χ1) is 17.3. The van der Waals surface area contributed by atoms with Gasteiger partial charge in [0.1, 0.15) is 11.2 Å². The van der Waals surface area contributed by atoms with Crippen molar-refractivity contribution in [2.24, 2.45) is 0 Å². The Morgan fingerprint density at radius 1 is 0.889 bits per heavy atom. The topological polar surface area (TPSA) is 73.8 Å². The van der Waals surface area contributed by atoms with Crippen molar-refractivity contribution in [3.63, 3.8) is 0 Å². The molecule has 0 N–H and O–H groups in total. The fourth-order valence-corrected chi connectivity index (χ4v) is 4.54. The Kier molecular flexibility index (Phi) is 5.72. The maximum absolute atomic E-state index is 15.1. The number of piperazine rings is 1. The average molecular weight is 486 g/mol. The summed E-state index contributed by atoms with van der Waals surface area (Å²) in [5, 5.41) is 0. The molecule has 1 unspecified atom stereocenters. The number of hydrogen-bond donors (Lipinski definition) is 0. The van der Waals surface area contributed by atoms with Crippen LogP contribution in [0, 0.1) is 23.5 Å². The van der Waals surface area contributed by atoms with E-state index in [1.54, 1.807) is 36.4 Å². The highest BCUT2D eigenvalue weighted by atomic mass is 19.1. The van der Waals surface area contributed by atoms with Crippen molar-refractivity contribution in [2.45, 2.75) is 18.9 Å². The van der Waals surface area contributed by atoms with E-state index in [9.17, 15) is 14.4 Å². The molecule has 7 nitrogen and oxygen atoms in total. The highest BCUT2D eigenvalue weighted by Gasteiger charge is 2.56. The van der Waals surface area contributed by atoms with Crippen molar-refractivity contribution in [2.75, 3.05) is 22.9 Å². The number of anilines is 2. The zero-order valence-electron chi connectivity index (χ0n) is 19.2. The third-order valence-electron chi connectivity index (χ3n) is 6.36. The molecule has 0 saturated carbocycles. The largest absolute Gasteiger partial charge is 0.332 e. The Balaban J connectivity index is 1.45. The number of carbonyl (C=O) groups excluding carboxylic acids is 3. The normalized spacial score (nSPS) is 19.6. The standard InChI is InChI=1S/C27H20F2N4O3/c1-27-17-23(34)33(26(36)32(27)14-13-31(25(27)35)20-9-11-30-12-10-20)24-21(28)15-19(16-22(24)29)8-7-18-5-3-2-4-6-18/h2-6,9-12,15-16H,13-14,17H2,1H3. The van der Waals surface area contributed by atoms with Gasteiger partial charge in [0, 0.05) is 42.3 Å². The second kappa shape index (κ2) is 8.89. The number of hydrogen-bond acceptors (Lipinski definition) is 4. The molecule has 1 atom stereocenters. The van der Waals surface area contributed by atoms with E-state index in [-0.39, 0.29) is 18.7 Å². The van der Waals surface area contributed by atoms with E-state index in [4.69, 9.17) is 0 Å². The molecule has 0 spiro atoms. The van der Waals surface area contributed by atoms with Gasteiger partial charge in [0.05, 0.1) is 6.42 Å². The van der Waals surface area contributed by atoms with E-state index < -0.39 is 47.1 Å². The Bertz CT molecular complexity index is 1410. The highest BCUT2D eigenvalue weighted by Crippen LogP contribution is 2.38. The van der Waals surface area contributed by atoms with Crippen molar-refractivity contribution in [3.05, 3.63) is 89.8 Å². The molecule has 3 heterocycles. The lowest BCUT2D eigenvalue weighted by atomic mass is 9.88. The first-order valence-electron chi connectivity index (χ1n) is 11.2. The average Bonchev–Trinajstić information content (AvgIpc) is 2.86. The number of fused-ring (bicyclic) bond motifs is 1. The zero-order valence-corrected chi connectivity index (χ0v) is 19.2. The molecule has 2 aromatic carbocycles. The monoisotopic (exact) mass is 486 g/mol. The number of aromatic nitrogens is 1. The number of rotatable bonds is 2. The Morgan fingerprint density at radius 3 is 2.19 bits per heavy atom. The van der Waals surface area contributed by atoms with Gasteiger partial charge in [-0.1, -0.05) is 30.0 Å². The van der Waals surface area contributed by atoms with Gasteiger partial charge in [-0.3, -0.25) is 14.6 Å². The summed E-state index contributed by atoms with van der Waals surface area (Å²) in [4.78, 5) is 46.9. The molecule has 0 bridgehead atoms. The quantitative estimate of drug-likeness (QED) is 0.518. The summed E-state index contributed by atoms with van der Waals surface area (Å²) in [7, 11) is 0. The van der Waals surface area contributed by atoms with Gasteiger partial charge >= 0.3 is 6.03 Å². The Hall–Kier alpha value is -4.58. The summed E-state index contributed by atoms with van der Waals surface area (Å²) in [6.07, 6.45) is 2.65. The van der Waals surface area contributed by atoms with Crippen LogP contribution in [0.2, 0.25) is 0 Å². The van der Waals surface area contributed by atoms with Gasteiger partial charge in [-0.15, -0.1) is 0 Å². The van der Waals surface area contributed by atoms with E-state index in [2.05, 4.69) is 16.8 Å². The molecular weight excluding hydrogens is 466 g/mol. The van der Waals surface area contributed by atoms with Gasteiger partial charge in [0.25, 0.3) is 5.91 Å². The lowest BCUT2D eigenvalue weighted by Gasteiger charge is -2.51. The Labute approximate surface area is 205 Å². The van der Waals surface area contributed by atoms with Gasteiger partial charge in [-0.25, -0.2) is 18.5 Å². The van der Waals surface area contributed by atoms with E-state index in [1.807, 2.05) is 6.07 Å². The Morgan fingerprint density at radius 2 is 1.53 bits per heavy atom. The second-order valence-electron chi connectivity index (χ2n) is 8.68. The van der Waals surface area contributed by atoms with Crippen LogP contribution in [0.25, 0.3) is 0 Å². The lowest BCUT2D eigenvalue weighted by Crippen LogP contribution is -2.72. The maximum atomic E-state index is 15.1. The third kappa shape index (κ3) is 3.86. The number of pyridine rings is 1. The van der Waals surface area contributed by atoms with Gasteiger partial charge in [0.2, 0.25) is 5.91 Å². The number of halogens is 2. The summed E-state index contributed by atoms with van der Waals surface area (Å²) < 4.78 is 30.2. The predicted molar refractivity (Wildman–Crippen MR) is 128 cm³/mol. The zero-order chi connectivity index (χ0) is 25.4. The van der Waals surface area contributed by atoms with E-state index in [0.717, 1.165) is 12.1 Å². The molecule has 4 amide bonds. The molecule has 180 valence electrons. The lowest BCUT2D eigenvalue weighted by molar-refractivity contribution is -0.137. The first-order valence-corrected chi connectivity index (χ1v) is 11.2. The van der Waals surface area contributed by atoms with E-state index in [0.29, 0.717) is 16.2 Å². The molecule has 1 aromatic heterocycles. The molecule has 0 aliphatic carbocycles. The summed E-state index contributed by atoms with van der Waals surface area (Å²) in [5.74, 6) is 1.98. The fraction of sp³-hybridized carbons (Fsp3) is 0.185. The number of benzene rings is 2. The van der Waals surface area contributed by atoms with Crippen molar-refractivity contribution >= 4 is 29.2 Å². The van der Waals surface area contributed by atoms with Crippen LogP contribution in [0.1, 0.15) is 24.5 Å². The SMILES string of the molecule is CC12CC(=O)N(c3c(F)cc(C#Cc4ccccc4)cc3F)C(=O)N1CCN(c1ccncc1)C2=O. The minimum absolute atomic E-state index is 0.0560. The summed E-state index contributed by atoms with van der Waals surface area (Å²) in [6.45, 7) is 1.73. The number of urea groups is 1. The molecular formula is C27H20F2N4O3. The number of imide groups is 1. The summed E-state index contributed by atoms with van der Waals surface area (Å²) in [6, 6.07) is 13.2. The van der Waals surface area contributed by atoms with E-state index in [1.165, 1.54) is 29.1 Å². The van der Waals surface area contributed by atoms with Crippen LogP contribution in [-0.4, -0.2) is 46.4 Å². The van der Waals surface area contributed by atoms with Crippen LogP contribution in [0.15, 0.2) is 67.0 Å². The van der Waals surface area contributed by atoms with Crippen molar-refractivity contribution in [1.82, 2.24) is 9.88 Å². The minimum atomic E-state index is -1.49. The van der Waals surface area contributed by atoms with Gasteiger partial charge < -0.3 is 9.80 Å². The van der Waals surface area contributed by atoms with Crippen molar-refractivity contribution < 1.29 is 23.2 Å². The second-order valence-corrected chi connectivity index (χ2v) is 8.68. The molecule has 2 fully saturated rings. The summed E-state index contributed by atoms with van der Waals surface area (Å²) in [5.41, 5.74) is -0.955. The smallest absolute Gasteiger partial charge is 0.308 e. The van der Waals surface area contributed by atoms with E-state index >= 15 is 8.78 Å². The molecule has 5 rings (SSSR count). The number of amides is 4. The molecule has 2 aliphatic rings. The molecule has 36 heavy (non-hydrogen) atoms. The molecule has 2 saturated heterocycles.